The zero-order valence-electron chi connectivity index (χ0n) is 14.0. The normalized spacial score (nSPS) is 14.0. The Balaban J connectivity index is 1.71. The van der Waals surface area contributed by atoms with Gasteiger partial charge in [0.1, 0.15) is 5.82 Å². The zero-order valence-corrected chi connectivity index (χ0v) is 14.0. The van der Waals surface area contributed by atoms with Crippen LogP contribution in [0.4, 0.5) is 10.1 Å². The molecule has 0 atom stereocenters. The average molecular weight is 352 g/mol. The molecule has 1 saturated heterocycles. The Morgan fingerprint density at radius 2 is 1.88 bits per heavy atom. The van der Waals surface area contributed by atoms with E-state index in [1.54, 1.807) is 39.8 Å². The fraction of sp³-hybridized carbons (Fsp3) is 0.211. The highest BCUT2D eigenvalue weighted by atomic mass is 19.1. The number of benzene rings is 1. The van der Waals surface area contributed by atoms with Crippen molar-refractivity contribution in [1.29, 1.82) is 0 Å². The van der Waals surface area contributed by atoms with Crippen LogP contribution in [-0.2, 0) is 0 Å². The van der Waals surface area contributed by atoms with E-state index in [4.69, 9.17) is 0 Å². The lowest BCUT2D eigenvalue weighted by atomic mass is 10.2. The van der Waals surface area contributed by atoms with Gasteiger partial charge < -0.3 is 10.2 Å². The van der Waals surface area contributed by atoms with E-state index in [1.165, 1.54) is 18.2 Å². The van der Waals surface area contributed by atoms with Crippen LogP contribution in [0.15, 0.2) is 48.7 Å². The number of fused-ring (bicyclic) bond motifs is 1. The monoisotopic (exact) mass is 352 g/mol. The molecule has 1 fully saturated rings. The van der Waals surface area contributed by atoms with Crippen LogP contribution in [0.25, 0.3) is 5.52 Å². The first-order chi connectivity index (χ1) is 12.6. The molecule has 0 radical (unpaired) electrons. The van der Waals surface area contributed by atoms with Gasteiger partial charge in [-0.3, -0.25) is 14.0 Å². The summed E-state index contributed by atoms with van der Waals surface area (Å²) in [6.45, 7) is 1.40. The summed E-state index contributed by atoms with van der Waals surface area (Å²) in [6.07, 6.45) is 3.66. The lowest BCUT2D eigenvalue weighted by Gasteiger charge is -2.13. The summed E-state index contributed by atoms with van der Waals surface area (Å²) < 4.78 is 15.0. The second-order valence-corrected chi connectivity index (χ2v) is 6.20. The number of anilines is 1. The third kappa shape index (κ3) is 2.92. The molecule has 26 heavy (non-hydrogen) atoms. The first-order valence-electron chi connectivity index (χ1n) is 8.47. The number of hydrogen-bond donors (Lipinski definition) is 1. The zero-order chi connectivity index (χ0) is 18.1. The Hall–Kier alpha value is -3.22. The van der Waals surface area contributed by atoms with E-state index in [9.17, 15) is 14.0 Å². The number of amides is 2. The predicted octanol–water partition coefficient (Wildman–Crippen LogP) is 2.96. The van der Waals surface area contributed by atoms with Crippen LogP contribution in [-0.4, -0.2) is 39.2 Å². The molecule has 1 aromatic carbocycles. The van der Waals surface area contributed by atoms with Crippen LogP contribution in [0, 0.1) is 5.82 Å². The van der Waals surface area contributed by atoms with Crippen molar-refractivity contribution < 1.29 is 14.0 Å². The molecule has 3 heterocycles. The van der Waals surface area contributed by atoms with Crippen LogP contribution < -0.4 is 5.32 Å². The minimum atomic E-state index is -0.486. The minimum Gasteiger partial charge on any atom is -0.336 e. The largest absolute Gasteiger partial charge is 0.336 e. The maximum absolute atomic E-state index is 13.3. The number of carbonyl (C=O) groups is 2. The number of aromatic nitrogens is 2. The predicted molar refractivity (Wildman–Crippen MR) is 94.7 cm³/mol. The van der Waals surface area contributed by atoms with E-state index in [0.717, 1.165) is 12.8 Å². The summed E-state index contributed by atoms with van der Waals surface area (Å²) in [5.41, 5.74) is 1.00. The Bertz CT molecular complexity index is 992. The third-order valence-corrected chi connectivity index (χ3v) is 4.43. The second kappa shape index (κ2) is 6.59. The number of rotatable bonds is 3. The summed E-state index contributed by atoms with van der Waals surface area (Å²) in [5, 5.41) is 2.63. The highest BCUT2D eigenvalue weighted by Gasteiger charge is 2.26. The Morgan fingerprint density at radius 3 is 2.65 bits per heavy atom. The second-order valence-electron chi connectivity index (χ2n) is 6.20. The van der Waals surface area contributed by atoms with Gasteiger partial charge in [-0.05, 0) is 43.2 Å². The fourth-order valence-electron chi connectivity index (χ4n) is 3.17. The molecule has 0 spiro atoms. The van der Waals surface area contributed by atoms with Crippen molar-refractivity contribution in [2.45, 2.75) is 12.8 Å². The van der Waals surface area contributed by atoms with Gasteiger partial charge in [0.2, 0.25) is 5.82 Å². The van der Waals surface area contributed by atoms with Crippen molar-refractivity contribution in [1.82, 2.24) is 14.3 Å². The minimum absolute atomic E-state index is 0.136. The summed E-state index contributed by atoms with van der Waals surface area (Å²) in [4.78, 5) is 31.5. The van der Waals surface area contributed by atoms with Gasteiger partial charge in [-0.25, -0.2) is 9.37 Å². The molecule has 0 unspecified atom stereocenters. The number of halogens is 1. The van der Waals surface area contributed by atoms with Gasteiger partial charge in [0.15, 0.2) is 5.69 Å². The summed E-state index contributed by atoms with van der Waals surface area (Å²) >= 11 is 0. The molecule has 1 aliphatic heterocycles. The van der Waals surface area contributed by atoms with Gasteiger partial charge in [0.25, 0.3) is 11.8 Å². The van der Waals surface area contributed by atoms with Crippen molar-refractivity contribution >= 4 is 23.0 Å². The van der Waals surface area contributed by atoms with Crippen LogP contribution in [0.5, 0.6) is 0 Å². The Morgan fingerprint density at radius 1 is 1.08 bits per heavy atom. The summed E-state index contributed by atoms with van der Waals surface area (Å²) in [7, 11) is 0. The number of pyridine rings is 1. The van der Waals surface area contributed by atoms with Gasteiger partial charge in [0.05, 0.1) is 5.52 Å². The molecular weight excluding hydrogens is 335 g/mol. The first-order valence-corrected chi connectivity index (χ1v) is 8.47. The Kier molecular flexibility index (Phi) is 4.12. The maximum Gasteiger partial charge on any atom is 0.290 e. The lowest BCUT2D eigenvalue weighted by molar-refractivity contribution is 0.0780. The van der Waals surface area contributed by atoms with Gasteiger partial charge in [-0.15, -0.1) is 0 Å². The molecule has 3 aromatic rings. The SMILES string of the molecule is O=C(Nc1cccc(F)c1)c1nc(C(=O)N2CCCC2)n2ccccc12. The molecule has 2 amide bonds. The van der Waals surface area contributed by atoms with Gasteiger partial charge in [0, 0.05) is 25.0 Å². The van der Waals surface area contributed by atoms with Crippen molar-refractivity contribution in [3.63, 3.8) is 0 Å². The number of nitrogens with one attached hydrogen (secondary N) is 1. The molecular formula is C19H17FN4O2. The molecule has 0 bridgehead atoms. The lowest BCUT2D eigenvalue weighted by Crippen LogP contribution is -2.29. The Labute approximate surface area is 149 Å². The van der Waals surface area contributed by atoms with Crippen LogP contribution in [0.2, 0.25) is 0 Å². The molecule has 7 heteroatoms. The van der Waals surface area contributed by atoms with Crippen molar-refractivity contribution in [3.05, 3.63) is 66.0 Å². The molecule has 1 aliphatic rings. The maximum atomic E-state index is 13.3. The number of carbonyl (C=O) groups excluding carboxylic acids is 2. The molecule has 132 valence electrons. The highest BCUT2D eigenvalue weighted by molar-refractivity contribution is 6.08. The number of likely N-dealkylation sites (tertiary alicyclic amines) is 1. The average Bonchev–Trinajstić information content (AvgIpc) is 3.29. The molecule has 4 rings (SSSR count). The van der Waals surface area contributed by atoms with E-state index in [2.05, 4.69) is 10.3 Å². The van der Waals surface area contributed by atoms with Gasteiger partial charge in [-0.2, -0.15) is 0 Å². The van der Waals surface area contributed by atoms with E-state index in [1.807, 2.05) is 0 Å². The molecule has 6 nitrogen and oxygen atoms in total. The quantitative estimate of drug-likeness (QED) is 0.788. The molecule has 0 saturated carbocycles. The number of nitrogens with zero attached hydrogens (tertiary/aromatic N) is 3. The fourth-order valence-corrected chi connectivity index (χ4v) is 3.17. The van der Waals surface area contributed by atoms with E-state index < -0.39 is 11.7 Å². The standard InChI is InChI=1S/C19H17FN4O2/c20-13-6-5-7-14(12-13)21-18(25)16-15-8-1-2-11-24(15)17(22-16)19(26)23-9-3-4-10-23/h1-2,5-8,11-12H,3-4,9-10H2,(H,21,25). The van der Waals surface area contributed by atoms with Gasteiger partial charge in [-0.1, -0.05) is 12.1 Å². The van der Waals surface area contributed by atoms with Gasteiger partial charge >= 0.3 is 0 Å². The molecule has 2 aromatic heterocycles. The van der Waals surface area contributed by atoms with Crippen LogP contribution in [0.3, 0.4) is 0 Å². The third-order valence-electron chi connectivity index (χ3n) is 4.43. The first kappa shape index (κ1) is 16.3. The van der Waals surface area contributed by atoms with Crippen LogP contribution >= 0.6 is 0 Å². The van der Waals surface area contributed by atoms with Crippen LogP contribution in [0.1, 0.15) is 33.9 Å². The molecule has 0 aliphatic carbocycles. The summed E-state index contributed by atoms with van der Waals surface area (Å²) in [6, 6.07) is 10.9. The van der Waals surface area contributed by atoms with Crippen molar-refractivity contribution in [2.24, 2.45) is 0 Å². The number of imidazole rings is 1. The number of hydrogen-bond acceptors (Lipinski definition) is 3. The van der Waals surface area contributed by atoms with Crippen molar-refractivity contribution in [3.8, 4) is 0 Å². The van der Waals surface area contributed by atoms with E-state index in [0.29, 0.717) is 24.3 Å². The summed E-state index contributed by atoms with van der Waals surface area (Å²) in [5.74, 6) is -0.900. The highest BCUT2D eigenvalue weighted by Crippen LogP contribution is 2.19. The van der Waals surface area contributed by atoms with E-state index >= 15 is 0 Å². The topological polar surface area (TPSA) is 66.7 Å². The molecule has 1 N–H and O–H groups in total. The smallest absolute Gasteiger partial charge is 0.290 e. The van der Waals surface area contributed by atoms with E-state index in [-0.39, 0.29) is 17.4 Å². The van der Waals surface area contributed by atoms with Crippen molar-refractivity contribution in [2.75, 3.05) is 18.4 Å².